The molecule has 6 nitrogen and oxygen atoms in total. The van der Waals surface area contributed by atoms with Gasteiger partial charge in [-0.1, -0.05) is 12.5 Å². The summed E-state index contributed by atoms with van der Waals surface area (Å²) in [5.74, 6) is 0.901. The van der Waals surface area contributed by atoms with E-state index in [1.54, 1.807) is 12.1 Å². The van der Waals surface area contributed by atoms with Crippen molar-refractivity contribution in [3.63, 3.8) is 0 Å². The van der Waals surface area contributed by atoms with Gasteiger partial charge in [0, 0.05) is 18.5 Å². The zero-order valence-corrected chi connectivity index (χ0v) is 14.8. The van der Waals surface area contributed by atoms with E-state index < -0.39 is 10.1 Å². The van der Waals surface area contributed by atoms with Gasteiger partial charge < -0.3 is 13.8 Å². The van der Waals surface area contributed by atoms with Crippen LogP contribution in [0.4, 0.5) is 0 Å². The van der Waals surface area contributed by atoms with Crippen molar-refractivity contribution in [2.75, 3.05) is 13.4 Å². The van der Waals surface area contributed by atoms with Crippen LogP contribution in [0.1, 0.15) is 37.7 Å². The lowest BCUT2D eigenvalue weighted by atomic mass is 9.84. The Hall–Kier alpha value is -1.76. The number of carbonyl (C=O) groups is 1. The molecule has 0 saturated heterocycles. The number of benzene rings is 1. The second-order valence-corrected chi connectivity index (χ2v) is 8.17. The molecule has 0 N–H and O–H groups in total. The highest BCUT2D eigenvalue weighted by atomic mass is 32.2. The highest BCUT2D eigenvalue weighted by molar-refractivity contribution is 7.86. The Labute approximate surface area is 142 Å². The standard InChI is InChI=1S/C17H23NO5S/c1-22-15-9-6-12(10-16(15)23-24(2,20)21)11-18(14-7-8-14)17(19)13-4-3-5-13/h6,9-10,13-14H,3-5,7-8,11H2,1-2H3. The average Bonchev–Trinajstić information content (AvgIpc) is 3.25. The monoisotopic (exact) mass is 353 g/mol. The fourth-order valence-electron chi connectivity index (χ4n) is 2.91. The number of nitrogens with zero attached hydrogens (tertiary/aromatic N) is 1. The van der Waals surface area contributed by atoms with Crippen molar-refractivity contribution in [2.24, 2.45) is 5.92 Å². The van der Waals surface area contributed by atoms with Crippen molar-refractivity contribution in [1.29, 1.82) is 0 Å². The Kier molecular flexibility index (Phi) is 4.71. The van der Waals surface area contributed by atoms with Crippen LogP contribution in [0, 0.1) is 5.92 Å². The largest absolute Gasteiger partial charge is 0.493 e. The van der Waals surface area contributed by atoms with E-state index in [-0.39, 0.29) is 17.6 Å². The Morgan fingerprint density at radius 1 is 1.21 bits per heavy atom. The molecule has 0 atom stereocenters. The van der Waals surface area contributed by atoms with E-state index in [9.17, 15) is 13.2 Å². The Balaban J connectivity index is 1.79. The van der Waals surface area contributed by atoms with Crippen LogP contribution in [-0.4, -0.2) is 38.6 Å². The van der Waals surface area contributed by atoms with Crippen molar-refractivity contribution in [3.8, 4) is 11.5 Å². The van der Waals surface area contributed by atoms with E-state index >= 15 is 0 Å². The minimum atomic E-state index is -3.64. The van der Waals surface area contributed by atoms with E-state index in [1.807, 2.05) is 11.0 Å². The van der Waals surface area contributed by atoms with Gasteiger partial charge in [-0.15, -0.1) is 0 Å². The van der Waals surface area contributed by atoms with E-state index in [4.69, 9.17) is 8.92 Å². The molecule has 0 spiro atoms. The van der Waals surface area contributed by atoms with Gasteiger partial charge in [-0.3, -0.25) is 4.79 Å². The summed E-state index contributed by atoms with van der Waals surface area (Å²) >= 11 is 0. The van der Waals surface area contributed by atoms with Crippen LogP contribution < -0.4 is 8.92 Å². The molecule has 0 heterocycles. The normalized spacial score (nSPS) is 17.9. The summed E-state index contributed by atoms with van der Waals surface area (Å²) in [7, 11) is -2.19. The smallest absolute Gasteiger partial charge is 0.306 e. The molecule has 0 bridgehead atoms. The first kappa shape index (κ1) is 17.1. The molecule has 1 aromatic carbocycles. The molecule has 7 heteroatoms. The fraction of sp³-hybridized carbons (Fsp3) is 0.588. The zero-order valence-electron chi connectivity index (χ0n) is 14.0. The molecule has 24 heavy (non-hydrogen) atoms. The first-order valence-corrected chi connectivity index (χ1v) is 10.1. The van der Waals surface area contributed by atoms with Crippen LogP contribution in [0.3, 0.4) is 0 Å². The molecule has 0 unspecified atom stereocenters. The lowest BCUT2D eigenvalue weighted by molar-refractivity contribution is -0.139. The van der Waals surface area contributed by atoms with E-state index in [0.717, 1.165) is 43.9 Å². The van der Waals surface area contributed by atoms with Gasteiger partial charge in [-0.2, -0.15) is 8.42 Å². The number of amides is 1. The van der Waals surface area contributed by atoms with Crippen LogP contribution in [0.15, 0.2) is 18.2 Å². The van der Waals surface area contributed by atoms with Gasteiger partial charge >= 0.3 is 10.1 Å². The molecular formula is C17H23NO5S. The molecule has 2 aliphatic rings. The molecule has 2 fully saturated rings. The summed E-state index contributed by atoms with van der Waals surface area (Å²) in [5, 5.41) is 0. The quantitative estimate of drug-likeness (QED) is 0.704. The summed E-state index contributed by atoms with van der Waals surface area (Å²) in [5.41, 5.74) is 0.842. The van der Waals surface area contributed by atoms with Gasteiger partial charge in [0.05, 0.1) is 13.4 Å². The second kappa shape index (κ2) is 6.63. The lowest BCUT2D eigenvalue weighted by Gasteiger charge is -2.32. The van der Waals surface area contributed by atoms with Crippen molar-refractivity contribution in [1.82, 2.24) is 4.90 Å². The molecule has 0 aromatic heterocycles. The third kappa shape index (κ3) is 4.01. The van der Waals surface area contributed by atoms with Crippen molar-refractivity contribution >= 4 is 16.0 Å². The molecule has 132 valence electrons. The molecule has 2 saturated carbocycles. The van der Waals surface area contributed by atoms with Gasteiger partial charge in [0.1, 0.15) is 0 Å². The molecule has 1 amide bonds. The third-order valence-corrected chi connectivity index (χ3v) is 5.03. The van der Waals surface area contributed by atoms with Gasteiger partial charge in [-0.05, 0) is 43.4 Å². The van der Waals surface area contributed by atoms with Gasteiger partial charge in [0.2, 0.25) is 5.91 Å². The minimum Gasteiger partial charge on any atom is -0.493 e. The van der Waals surface area contributed by atoms with Crippen molar-refractivity contribution in [2.45, 2.75) is 44.7 Å². The van der Waals surface area contributed by atoms with Gasteiger partial charge in [-0.25, -0.2) is 0 Å². The Morgan fingerprint density at radius 2 is 1.92 bits per heavy atom. The third-order valence-electron chi connectivity index (χ3n) is 4.55. The predicted octanol–water partition coefficient (Wildman–Crippen LogP) is 2.32. The molecule has 3 rings (SSSR count). The van der Waals surface area contributed by atoms with Gasteiger partial charge in [0.25, 0.3) is 0 Å². The first-order valence-electron chi connectivity index (χ1n) is 8.24. The zero-order chi connectivity index (χ0) is 17.3. The highest BCUT2D eigenvalue weighted by Crippen LogP contribution is 2.36. The van der Waals surface area contributed by atoms with Crippen molar-refractivity contribution < 1.29 is 22.1 Å². The lowest BCUT2D eigenvalue weighted by Crippen LogP contribution is -2.39. The minimum absolute atomic E-state index is 0.157. The van der Waals surface area contributed by atoms with E-state index in [1.165, 1.54) is 7.11 Å². The molecule has 1 aromatic rings. The van der Waals surface area contributed by atoms with Gasteiger partial charge in [0.15, 0.2) is 11.5 Å². The summed E-state index contributed by atoms with van der Waals surface area (Å²) < 4.78 is 33.0. The number of ether oxygens (including phenoxy) is 1. The summed E-state index contributed by atoms with van der Waals surface area (Å²) in [6.45, 7) is 0.476. The number of carbonyl (C=O) groups excluding carboxylic acids is 1. The van der Waals surface area contributed by atoms with E-state index in [0.29, 0.717) is 18.3 Å². The number of rotatable bonds is 7. The average molecular weight is 353 g/mol. The maximum Gasteiger partial charge on any atom is 0.306 e. The maximum absolute atomic E-state index is 12.6. The predicted molar refractivity (Wildman–Crippen MR) is 89.4 cm³/mol. The number of hydrogen-bond donors (Lipinski definition) is 0. The first-order chi connectivity index (χ1) is 11.4. The molecule has 0 aliphatic heterocycles. The van der Waals surface area contributed by atoms with E-state index in [2.05, 4.69) is 0 Å². The SMILES string of the molecule is COc1ccc(CN(C(=O)C2CCC2)C2CC2)cc1OS(C)(=O)=O. The highest BCUT2D eigenvalue weighted by Gasteiger charge is 2.37. The van der Waals surface area contributed by atoms with Crippen molar-refractivity contribution in [3.05, 3.63) is 23.8 Å². The number of hydrogen-bond acceptors (Lipinski definition) is 5. The molecular weight excluding hydrogens is 330 g/mol. The number of methoxy groups -OCH3 is 1. The van der Waals surface area contributed by atoms with Crippen LogP contribution in [-0.2, 0) is 21.5 Å². The summed E-state index contributed by atoms with van der Waals surface area (Å²) in [6.07, 6.45) is 6.17. The fourth-order valence-corrected chi connectivity index (χ4v) is 3.36. The van der Waals surface area contributed by atoms with Crippen LogP contribution in [0.25, 0.3) is 0 Å². The molecule has 0 radical (unpaired) electrons. The second-order valence-electron chi connectivity index (χ2n) is 6.60. The van der Waals surface area contributed by atoms with Crippen LogP contribution >= 0.6 is 0 Å². The Bertz CT molecular complexity index is 722. The summed E-state index contributed by atoms with van der Waals surface area (Å²) in [6, 6.07) is 5.48. The van der Waals surface area contributed by atoms with Crippen LogP contribution in [0.2, 0.25) is 0 Å². The molecule has 2 aliphatic carbocycles. The maximum atomic E-state index is 12.6. The Morgan fingerprint density at radius 3 is 2.42 bits per heavy atom. The summed E-state index contributed by atoms with van der Waals surface area (Å²) in [4.78, 5) is 14.6. The van der Waals surface area contributed by atoms with Crippen LogP contribution in [0.5, 0.6) is 11.5 Å². The topological polar surface area (TPSA) is 72.9 Å².